The third kappa shape index (κ3) is 2.36. The fourth-order valence-corrected chi connectivity index (χ4v) is 1.79. The molecule has 2 rings (SSSR count). The second-order valence-corrected chi connectivity index (χ2v) is 4.35. The molecule has 3 nitrogen and oxygen atoms in total. The molecule has 0 saturated carbocycles. The number of halogens is 1. The van der Waals surface area contributed by atoms with Crippen LogP contribution >= 0.6 is 11.6 Å². The summed E-state index contributed by atoms with van der Waals surface area (Å²) in [6.45, 7) is 2.14. The fraction of sp³-hybridized carbons (Fsp3) is 0.417. The Morgan fingerprint density at radius 2 is 2.31 bits per heavy atom. The van der Waals surface area contributed by atoms with Gasteiger partial charge in [0, 0.05) is 5.02 Å². The molecule has 0 aliphatic heterocycles. The van der Waals surface area contributed by atoms with Crippen molar-refractivity contribution in [1.29, 1.82) is 0 Å². The van der Waals surface area contributed by atoms with Crippen LogP contribution in [0.3, 0.4) is 0 Å². The van der Waals surface area contributed by atoms with E-state index in [0.717, 1.165) is 30.4 Å². The molecule has 1 unspecified atom stereocenters. The van der Waals surface area contributed by atoms with E-state index in [9.17, 15) is 0 Å². The summed E-state index contributed by atoms with van der Waals surface area (Å²) >= 11 is 5.88. The van der Waals surface area contributed by atoms with E-state index in [2.05, 4.69) is 11.9 Å². The van der Waals surface area contributed by atoms with Gasteiger partial charge in [0.2, 0.25) is 5.89 Å². The molecule has 1 aromatic heterocycles. The molecule has 0 aliphatic rings. The van der Waals surface area contributed by atoms with E-state index < -0.39 is 0 Å². The Morgan fingerprint density at radius 1 is 1.50 bits per heavy atom. The molecule has 1 atom stereocenters. The zero-order valence-electron chi connectivity index (χ0n) is 9.24. The van der Waals surface area contributed by atoms with Crippen LogP contribution in [-0.2, 0) is 0 Å². The molecule has 0 amide bonds. The lowest BCUT2D eigenvalue weighted by atomic mass is 10.1. The second-order valence-electron chi connectivity index (χ2n) is 3.91. The van der Waals surface area contributed by atoms with E-state index in [4.69, 9.17) is 21.8 Å². The summed E-state index contributed by atoms with van der Waals surface area (Å²) in [5, 5.41) is 0.662. The average molecular weight is 239 g/mol. The minimum Gasteiger partial charge on any atom is -0.439 e. The number of oxazole rings is 1. The highest BCUT2D eigenvalue weighted by Gasteiger charge is 2.13. The minimum absolute atomic E-state index is 0.119. The molecule has 0 aliphatic carbocycles. The fourth-order valence-electron chi connectivity index (χ4n) is 1.62. The van der Waals surface area contributed by atoms with Crippen molar-refractivity contribution in [3.63, 3.8) is 0 Å². The molecule has 86 valence electrons. The summed E-state index contributed by atoms with van der Waals surface area (Å²) in [6, 6.07) is 5.28. The van der Waals surface area contributed by atoms with Crippen molar-refractivity contribution in [3.05, 3.63) is 29.1 Å². The smallest absolute Gasteiger partial charge is 0.212 e. The van der Waals surface area contributed by atoms with Crippen LogP contribution in [0.15, 0.2) is 22.6 Å². The quantitative estimate of drug-likeness (QED) is 0.884. The topological polar surface area (TPSA) is 52.0 Å². The largest absolute Gasteiger partial charge is 0.439 e. The van der Waals surface area contributed by atoms with Crippen molar-refractivity contribution in [2.75, 3.05) is 0 Å². The first-order valence-electron chi connectivity index (χ1n) is 5.52. The van der Waals surface area contributed by atoms with Gasteiger partial charge in [0.05, 0.1) is 6.04 Å². The zero-order valence-corrected chi connectivity index (χ0v) is 10.00. The van der Waals surface area contributed by atoms with Crippen molar-refractivity contribution in [2.45, 2.75) is 32.2 Å². The van der Waals surface area contributed by atoms with E-state index in [0.29, 0.717) is 10.9 Å². The van der Waals surface area contributed by atoms with Crippen molar-refractivity contribution < 1.29 is 4.42 Å². The number of benzene rings is 1. The highest BCUT2D eigenvalue weighted by molar-refractivity contribution is 6.31. The number of rotatable bonds is 4. The molecule has 1 aromatic carbocycles. The highest BCUT2D eigenvalue weighted by Crippen LogP contribution is 2.24. The summed E-state index contributed by atoms with van der Waals surface area (Å²) in [4.78, 5) is 4.35. The zero-order chi connectivity index (χ0) is 11.5. The number of aromatic nitrogens is 1. The summed E-state index contributed by atoms with van der Waals surface area (Å²) in [5.74, 6) is 0.603. The number of hydrogen-bond donors (Lipinski definition) is 1. The van der Waals surface area contributed by atoms with Gasteiger partial charge >= 0.3 is 0 Å². The van der Waals surface area contributed by atoms with Crippen LogP contribution in [0.2, 0.25) is 5.02 Å². The third-order valence-electron chi connectivity index (χ3n) is 2.55. The monoisotopic (exact) mass is 238 g/mol. The molecule has 0 radical (unpaired) electrons. The minimum atomic E-state index is -0.119. The van der Waals surface area contributed by atoms with Crippen molar-refractivity contribution in [1.82, 2.24) is 4.98 Å². The maximum Gasteiger partial charge on any atom is 0.212 e. The van der Waals surface area contributed by atoms with Gasteiger partial charge in [-0.3, -0.25) is 0 Å². The predicted octanol–water partition coefficient (Wildman–Crippen LogP) is 3.67. The van der Waals surface area contributed by atoms with Gasteiger partial charge in [-0.2, -0.15) is 0 Å². The molecule has 0 bridgehead atoms. The van der Waals surface area contributed by atoms with Crippen molar-refractivity contribution >= 4 is 22.7 Å². The van der Waals surface area contributed by atoms with Crippen LogP contribution in [0.25, 0.3) is 11.1 Å². The number of nitrogens with two attached hydrogens (primary N) is 1. The van der Waals surface area contributed by atoms with E-state index in [1.54, 1.807) is 12.1 Å². The Morgan fingerprint density at radius 3 is 3.06 bits per heavy atom. The molecular weight excluding hydrogens is 224 g/mol. The Bertz CT molecular complexity index is 481. The number of fused-ring (bicyclic) bond motifs is 1. The Labute approximate surface area is 99.6 Å². The van der Waals surface area contributed by atoms with Crippen LogP contribution < -0.4 is 5.73 Å². The van der Waals surface area contributed by atoms with E-state index >= 15 is 0 Å². The summed E-state index contributed by atoms with van der Waals surface area (Å²) in [7, 11) is 0. The summed E-state index contributed by atoms with van der Waals surface area (Å²) in [5.41, 5.74) is 7.51. The molecule has 0 fully saturated rings. The standard InChI is InChI=1S/C12H15ClN2O/c1-2-3-4-9(14)12-15-10-7-8(13)5-6-11(10)16-12/h5-7,9H,2-4,14H2,1H3. The lowest BCUT2D eigenvalue weighted by Gasteiger charge is -2.04. The van der Waals surface area contributed by atoms with Gasteiger partial charge in [0.1, 0.15) is 5.52 Å². The Balaban J connectivity index is 2.25. The van der Waals surface area contributed by atoms with Crippen LogP contribution in [0, 0.1) is 0 Å². The van der Waals surface area contributed by atoms with Gasteiger partial charge in [-0.05, 0) is 24.6 Å². The molecule has 2 aromatic rings. The first-order valence-corrected chi connectivity index (χ1v) is 5.90. The Hall–Kier alpha value is -1.06. The van der Waals surface area contributed by atoms with Gasteiger partial charge in [-0.15, -0.1) is 0 Å². The van der Waals surface area contributed by atoms with Crippen molar-refractivity contribution in [2.24, 2.45) is 5.73 Å². The van der Waals surface area contributed by atoms with Crippen LogP contribution in [0.5, 0.6) is 0 Å². The lowest BCUT2D eigenvalue weighted by molar-refractivity contribution is 0.450. The third-order valence-corrected chi connectivity index (χ3v) is 2.79. The summed E-state index contributed by atoms with van der Waals surface area (Å²) < 4.78 is 5.59. The van der Waals surface area contributed by atoms with Crippen molar-refractivity contribution in [3.8, 4) is 0 Å². The highest BCUT2D eigenvalue weighted by atomic mass is 35.5. The molecule has 4 heteroatoms. The average Bonchev–Trinajstić information content (AvgIpc) is 2.68. The predicted molar refractivity (Wildman–Crippen MR) is 65.5 cm³/mol. The lowest BCUT2D eigenvalue weighted by Crippen LogP contribution is -2.10. The molecule has 1 heterocycles. The molecule has 0 saturated heterocycles. The van der Waals surface area contributed by atoms with Gasteiger partial charge < -0.3 is 10.2 Å². The first-order chi connectivity index (χ1) is 7.70. The maximum atomic E-state index is 5.99. The molecule has 2 N–H and O–H groups in total. The summed E-state index contributed by atoms with van der Waals surface area (Å²) in [6.07, 6.45) is 3.11. The normalized spacial score (nSPS) is 13.2. The van der Waals surface area contributed by atoms with Gasteiger partial charge in [-0.1, -0.05) is 31.4 Å². The molecule has 16 heavy (non-hydrogen) atoms. The number of hydrogen-bond acceptors (Lipinski definition) is 3. The maximum absolute atomic E-state index is 5.99. The van der Waals surface area contributed by atoms with E-state index in [-0.39, 0.29) is 6.04 Å². The van der Waals surface area contributed by atoms with Crippen LogP contribution in [-0.4, -0.2) is 4.98 Å². The SMILES string of the molecule is CCCCC(N)c1nc2cc(Cl)ccc2o1. The van der Waals surface area contributed by atoms with Crippen LogP contribution in [0.4, 0.5) is 0 Å². The van der Waals surface area contributed by atoms with Gasteiger partial charge in [-0.25, -0.2) is 4.98 Å². The second kappa shape index (κ2) is 4.85. The molecular formula is C12H15ClN2O. The van der Waals surface area contributed by atoms with E-state index in [1.807, 2.05) is 6.07 Å². The molecule has 0 spiro atoms. The Kier molecular flexibility index (Phi) is 3.46. The number of unbranched alkanes of at least 4 members (excludes halogenated alkanes) is 1. The van der Waals surface area contributed by atoms with E-state index in [1.165, 1.54) is 0 Å². The first kappa shape index (κ1) is 11.4. The van der Waals surface area contributed by atoms with Gasteiger partial charge in [0.15, 0.2) is 5.58 Å². The van der Waals surface area contributed by atoms with Gasteiger partial charge in [0.25, 0.3) is 0 Å². The number of nitrogens with zero attached hydrogens (tertiary/aromatic N) is 1. The van der Waals surface area contributed by atoms with Crippen LogP contribution in [0.1, 0.15) is 38.1 Å².